The Labute approximate surface area is 210 Å². The zero-order valence-corrected chi connectivity index (χ0v) is 20.1. The van der Waals surface area contributed by atoms with Crippen molar-refractivity contribution in [1.82, 2.24) is 16.2 Å². The maximum atomic E-state index is 13.0. The van der Waals surface area contributed by atoms with E-state index in [1.54, 1.807) is 4.90 Å². The molecule has 0 aliphatic carbocycles. The van der Waals surface area contributed by atoms with Crippen molar-refractivity contribution < 1.29 is 19.2 Å². The van der Waals surface area contributed by atoms with Gasteiger partial charge in [0.15, 0.2) is 0 Å². The van der Waals surface area contributed by atoms with Gasteiger partial charge in [-0.15, -0.1) is 0 Å². The number of anilines is 2. The fraction of sp³-hybridized carbons (Fsp3) is 0.214. The van der Waals surface area contributed by atoms with Crippen LogP contribution in [-0.2, 0) is 19.2 Å². The summed E-state index contributed by atoms with van der Waals surface area (Å²) in [4.78, 5) is 50.9. The Morgan fingerprint density at radius 2 is 1.03 bits per heavy atom. The van der Waals surface area contributed by atoms with Crippen LogP contribution in [0.5, 0.6) is 0 Å². The van der Waals surface area contributed by atoms with E-state index in [4.69, 9.17) is 0 Å². The van der Waals surface area contributed by atoms with Gasteiger partial charge in [-0.25, -0.2) is 0 Å². The Morgan fingerprint density at radius 3 is 1.53 bits per heavy atom. The number of amides is 4. The molecule has 0 bridgehead atoms. The second-order valence-corrected chi connectivity index (χ2v) is 8.20. The van der Waals surface area contributed by atoms with Crippen LogP contribution in [0.4, 0.5) is 11.4 Å². The standard InChI is InChI=1S/C28H30N4O4/c1-21(22-11-5-2-6-12-22)29-25(33)17-18-26(34)30-31-27(35)19-20-28(36)32(23-13-7-3-8-14-23)24-15-9-4-10-16-24/h2-16,21H,17-20H2,1H3,(H,29,33)(H,30,34)(H,31,35)/t21-/m1/s1. The van der Waals surface area contributed by atoms with Gasteiger partial charge in [0, 0.05) is 37.1 Å². The smallest absolute Gasteiger partial charge is 0.238 e. The predicted octanol–water partition coefficient (Wildman–Crippen LogP) is 3.94. The largest absolute Gasteiger partial charge is 0.350 e. The first-order chi connectivity index (χ1) is 17.4. The summed E-state index contributed by atoms with van der Waals surface area (Å²) in [7, 11) is 0. The lowest BCUT2D eigenvalue weighted by Crippen LogP contribution is -2.42. The fourth-order valence-electron chi connectivity index (χ4n) is 3.55. The van der Waals surface area contributed by atoms with Gasteiger partial charge < -0.3 is 5.32 Å². The summed E-state index contributed by atoms with van der Waals surface area (Å²) in [6, 6.07) is 27.7. The van der Waals surface area contributed by atoms with Crippen LogP contribution < -0.4 is 21.1 Å². The molecule has 36 heavy (non-hydrogen) atoms. The van der Waals surface area contributed by atoms with E-state index in [9.17, 15) is 19.2 Å². The van der Waals surface area contributed by atoms with Crippen LogP contribution in [0.1, 0.15) is 44.2 Å². The minimum absolute atomic E-state index is 0.0134. The van der Waals surface area contributed by atoms with E-state index in [0.717, 1.165) is 5.56 Å². The van der Waals surface area contributed by atoms with Crippen molar-refractivity contribution in [2.75, 3.05) is 4.90 Å². The van der Waals surface area contributed by atoms with Crippen LogP contribution in [0.25, 0.3) is 0 Å². The normalized spacial score (nSPS) is 11.1. The maximum Gasteiger partial charge on any atom is 0.238 e. The molecule has 8 heteroatoms. The number of benzene rings is 3. The van der Waals surface area contributed by atoms with Gasteiger partial charge in [0.05, 0.1) is 6.04 Å². The second kappa shape index (κ2) is 13.4. The van der Waals surface area contributed by atoms with Crippen LogP contribution in [0.15, 0.2) is 91.0 Å². The molecular formula is C28H30N4O4. The molecule has 0 spiro atoms. The third-order valence-electron chi connectivity index (χ3n) is 5.44. The molecule has 0 aliphatic heterocycles. The lowest BCUT2D eigenvalue weighted by atomic mass is 10.1. The first-order valence-corrected chi connectivity index (χ1v) is 11.8. The lowest BCUT2D eigenvalue weighted by molar-refractivity contribution is -0.131. The van der Waals surface area contributed by atoms with Crippen LogP contribution in [0, 0.1) is 0 Å². The van der Waals surface area contributed by atoms with Crippen LogP contribution in [-0.4, -0.2) is 23.6 Å². The van der Waals surface area contributed by atoms with Crippen LogP contribution in [0.2, 0.25) is 0 Å². The van der Waals surface area contributed by atoms with Crippen molar-refractivity contribution in [2.24, 2.45) is 0 Å². The van der Waals surface area contributed by atoms with E-state index in [1.807, 2.05) is 97.9 Å². The summed E-state index contributed by atoms with van der Waals surface area (Å²) in [5.74, 6) is -1.51. The van der Waals surface area contributed by atoms with Gasteiger partial charge in [0.25, 0.3) is 0 Å². The number of nitrogens with one attached hydrogen (secondary N) is 3. The first kappa shape index (κ1) is 26.2. The van der Waals surface area contributed by atoms with Gasteiger partial charge in [-0.3, -0.25) is 34.9 Å². The molecule has 3 rings (SSSR count). The molecular weight excluding hydrogens is 456 g/mol. The Bertz CT molecular complexity index is 1110. The average molecular weight is 487 g/mol. The zero-order valence-electron chi connectivity index (χ0n) is 20.1. The molecule has 1 atom stereocenters. The van der Waals surface area contributed by atoms with Gasteiger partial charge in [-0.1, -0.05) is 66.7 Å². The summed E-state index contributed by atoms with van der Waals surface area (Å²) >= 11 is 0. The van der Waals surface area contributed by atoms with Crippen molar-refractivity contribution >= 4 is 35.0 Å². The number of para-hydroxylation sites is 2. The van der Waals surface area contributed by atoms with E-state index in [0.29, 0.717) is 11.4 Å². The molecule has 8 nitrogen and oxygen atoms in total. The molecule has 0 unspecified atom stereocenters. The third-order valence-corrected chi connectivity index (χ3v) is 5.44. The number of hydrogen-bond acceptors (Lipinski definition) is 4. The number of carbonyl (C=O) groups excluding carboxylic acids is 4. The molecule has 0 radical (unpaired) electrons. The number of hydrazine groups is 1. The van der Waals surface area contributed by atoms with E-state index in [1.165, 1.54) is 0 Å². The Kier molecular flexibility index (Phi) is 9.76. The molecule has 0 aliphatic rings. The monoisotopic (exact) mass is 486 g/mol. The molecule has 0 aromatic heterocycles. The quantitative estimate of drug-likeness (QED) is 0.377. The highest BCUT2D eigenvalue weighted by Crippen LogP contribution is 2.26. The first-order valence-electron chi connectivity index (χ1n) is 11.8. The van der Waals surface area contributed by atoms with Gasteiger partial charge in [-0.05, 0) is 36.8 Å². The van der Waals surface area contributed by atoms with Gasteiger partial charge in [0.2, 0.25) is 23.6 Å². The lowest BCUT2D eigenvalue weighted by Gasteiger charge is -2.23. The van der Waals surface area contributed by atoms with Crippen molar-refractivity contribution in [3.05, 3.63) is 96.6 Å². The van der Waals surface area contributed by atoms with Crippen molar-refractivity contribution in [1.29, 1.82) is 0 Å². The summed E-state index contributed by atoms with van der Waals surface area (Å²) in [6.45, 7) is 1.87. The number of hydrogen-bond donors (Lipinski definition) is 3. The minimum Gasteiger partial charge on any atom is -0.350 e. The van der Waals surface area contributed by atoms with Gasteiger partial charge in [-0.2, -0.15) is 0 Å². The predicted molar refractivity (Wildman–Crippen MR) is 138 cm³/mol. The maximum absolute atomic E-state index is 13.0. The highest BCUT2D eigenvalue weighted by Gasteiger charge is 2.19. The topological polar surface area (TPSA) is 108 Å². The zero-order chi connectivity index (χ0) is 25.8. The summed E-state index contributed by atoms with van der Waals surface area (Å²) < 4.78 is 0. The van der Waals surface area contributed by atoms with E-state index >= 15 is 0 Å². The third kappa shape index (κ3) is 8.09. The Morgan fingerprint density at radius 1 is 0.611 bits per heavy atom. The summed E-state index contributed by atoms with van der Waals surface area (Å²) in [5, 5.41) is 2.84. The Balaban J connectivity index is 1.41. The summed E-state index contributed by atoms with van der Waals surface area (Å²) in [5.41, 5.74) is 6.96. The molecule has 3 N–H and O–H groups in total. The van der Waals surface area contributed by atoms with E-state index in [2.05, 4.69) is 16.2 Å². The van der Waals surface area contributed by atoms with Crippen molar-refractivity contribution in [3.63, 3.8) is 0 Å². The molecule has 0 heterocycles. The minimum atomic E-state index is -0.500. The summed E-state index contributed by atoms with van der Waals surface area (Å²) in [6.07, 6.45) is -0.252. The van der Waals surface area contributed by atoms with Crippen LogP contribution in [0.3, 0.4) is 0 Å². The molecule has 186 valence electrons. The van der Waals surface area contributed by atoms with Crippen molar-refractivity contribution in [2.45, 2.75) is 38.6 Å². The van der Waals surface area contributed by atoms with Gasteiger partial charge >= 0.3 is 0 Å². The molecule has 4 amide bonds. The molecule has 0 saturated heterocycles. The molecule has 0 saturated carbocycles. The fourth-order valence-corrected chi connectivity index (χ4v) is 3.55. The highest BCUT2D eigenvalue weighted by molar-refractivity contribution is 6.01. The number of carbonyl (C=O) groups is 4. The molecule has 0 fully saturated rings. The SMILES string of the molecule is C[C@@H](NC(=O)CCC(=O)NNC(=O)CCC(=O)N(c1ccccc1)c1ccccc1)c1ccccc1. The van der Waals surface area contributed by atoms with Crippen LogP contribution >= 0.6 is 0 Å². The van der Waals surface area contributed by atoms with E-state index in [-0.39, 0.29) is 43.5 Å². The Hall–Kier alpha value is -4.46. The molecule has 3 aromatic carbocycles. The number of nitrogens with zero attached hydrogens (tertiary/aromatic N) is 1. The van der Waals surface area contributed by atoms with Gasteiger partial charge in [0.1, 0.15) is 0 Å². The second-order valence-electron chi connectivity index (χ2n) is 8.20. The van der Waals surface area contributed by atoms with Crippen molar-refractivity contribution in [3.8, 4) is 0 Å². The average Bonchev–Trinajstić information content (AvgIpc) is 2.91. The molecule has 3 aromatic rings. The van der Waals surface area contributed by atoms with E-state index < -0.39 is 11.8 Å². The highest BCUT2D eigenvalue weighted by atomic mass is 16.2. The number of rotatable bonds is 10.